The molecule has 0 bridgehead atoms. The maximum Gasteiger partial charge on any atom is 0.138 e. The van der Waals surface area contributed by atoms with E-state index in [-0.39, 0.29) is 0 Å². The zero-order chi connectivity index (χ0) is 13.8. The molecular formula is C14H20BrNO2S. The Morgan fingerprint density at radius 1 is 1.42 bits per heavy atom. The van der Waals surface area contributed by atoms with Crippen LogP contribution in [0.4, 0.5) is 0 Å². The van der Waals surface area contributed by atoms with E-state index in [0.29, 0.717) is 6.04 Å². The van der Waals surface area contributed by atoms with E-state index in [1.54, 1.807) is 14.2 Å². The van der Waals surface area contributed by atoms with Gasteiger partial charge in [-0.15, -0.1) is 0 Å². The number of hydrogen-bond acceptors (Lipinski definition) is 4. The first-order valence-corrected chi connectivity index (χ1v) is 8.42. The van der Waals surface area contributed by atoms with Crippen LogP contribution < -0.4 is 14.8 Å². The molecule has 1 aromatic rings. The van der Waals surface area contributed by atoms with E-state index in [4.69, 9.17) is 9.47 Å². The molecule has 0 saturated heterocycles. The van der Waals surface area contributed by atoms with Crippen molar-refractivity contribution in [2.75, 3.05) is 26.5 Å². The molecule has 1 aliphatic rings. The minimum Gasteiger partial charge on any atom is -0.496 e. The molecule has 5 heteroatoms. The second-order valence-corrected chi connectivity index (χ2v) is 6.39. The van der Waals surface area contributed by atoms with Crippen molar-refractivity contribution in [3.05, 3.63) is 21.7 Å². The normalized spacial score (nSPS) is 18.0. The Morgan fingerprint density at radius 3 is 2.84 bits per heavy atom. The lowest BCUT2D eigenvalue weighted by atomic mass is 9.99. The molecule has 1 heterocycles. The van der Waals surface area contributed by atoms with Crippen LogP contribution >= 0.6 is 27.7 Å². The Bertz CT molecular complexity index is 454. The summed E-state index contributed by atoms with van der Waals surface area (Å²) in [5.74, 6) is 3.93. The largest absolute Gasteiger partial charge is 0.496 e. The number of fused-ring (bicyclic) bond motifs is 1. The van der Waals surface area contributed by atoms with Gasteiger partial charge in [0.2, 0.25) is 0 Å². The summed E-state index contributed by atoms with van der Waals surface area (Å²) in [6.45, 7) is 3.20. The Kier molecular flexibility index (Phi) is 5.42. The third-order valence-electron chi connectivity index (χ3n) is 3.29. The summed E-state index contributed by atoms with van der Waals surface area (Å²) < 4.78 is 12.1. The van der Waals surface area contributed by atoms with E-state index in [2.05, 4.69) is 28.2 Å². The van der Waals surface area contributed by atoms with Gasteiger partial charge in [-0.2, -0.15) is 11.8 Å². The highest BCUT2D eigenvalue weighted by Gasteiger charge is 2.28. The minimum absolute atomic E-state index is 0.329. The molecule has 1 N–H and O–H groups in total. The molecule has 19 heavy (non-hydrogen) atoms. The summed E-state index contributed by atoms with van der Waals surface area (Å²) >= 11 is 5.52. The predicted molar refractivity (Wildman–Crippen MR) is 84.4 cm³/mol. The molecule has 0 spiro atoms. The zero-order valence-electron chi connectivity index (χ0n) is 11.6. The number of rotatable bonds is 5. The van der Waals surface area contributed by atoms with Gasteiger partial charge in [0.25, 0.3) is 0 Å². The van der Waals surface area contributed by atoms with E-state index >= 15 is 0 Å². The van der Waals surface area contributed by atoms with Gasteiger partial charge in [-0.25, -0.2) is 0 Å². The quantitative estimate of drug-likeness (QED) is 0.880. The SMILES string of the molecule is CCCNC1CSCc2c(OC)cc(Br)c(OC)c21. The average molecular weight is 346 g/mol. The highest BCUT2D eigenvalue weighted by Crippen LogP contribution is 2.46. The van der Waals surface area contributed by atoms with Gasteiger partial charge in [0.1, 0.15) is 11.5 Å². The zero-order valence-corrected chi connectivity index (χ0v) is 14.0. The molecule has 0 aliphatic carbocycles. The third-order valence-corrected chi connectivity index (χ3v) is 4.94. The topological polar surface area (TPSA) is 30.5 Å². The number of methoxy groups -OCH3 is 2. The fraction of sp³-hybridized carbons (Fsp3) is 0.571. The Morgan fingerprint density at radius 2 is 2.21 bits per heavy atom. The monoisotopic (exact) mass is 345 g/mol. The smallest absolute Gasteiger partial charge is 0.138 e. The molecule has 0 fully saturated rings. The number of benzene rings is 1. The van der Waals surface area contributed by atoms with Gasteiger partial charge in [-0.05, 0) is 35.0 Å². The fourth-order valence-electron chi connectivity index (χ4n) is 2.41. The summed E-state index contributed by atoms with van der Waals surface area (Å²) in [5.41, 5.74) is 2.51. The first-order valence-electron chi connectivity index (χ1n) is 6.47. The molecule has 1 unspecified atom stereocenters. The summed E-state index contributed by atoms with van der Waals surface area (Å²) in [4.78, 5) is 0. The van der Waals surface area contributed by atoms with Gasteiger partial charge < -0.3 is 14.8 Å². The average Bonchev–Trinajstić information content (AvgIpc) is 2.44. The second-order valence-electron chi connectivity index (χ2n) is 4.51. The first-order chi connectivity index (χ1) is 9.22. The van der Waals surface area contributed by atoms with Crippen molar-refractivity contribution in [2.45, 2.75) is 25.1 Å². The van der Waals surface area contributed by atoms with Crippen LogP contribution in [0.1, 0.15) is 30.5 Å². The van der Waals surface area contributed by atoms with Gasteiger partial charge in [0, 0.05) is 28.7 Å². The van der Waals surface area contributed by atoms with Crippen LogP contribution in [0.15, 0.2) is 10.5 Å². The highest BCUT2D eigenvalue weighted by molar-refractivity contribution is 9.10. The van der Waals surface area contributed by atoms with E-state index in [1.807, 2.05) is 17.8 Å². The van der Waals surface area contributed by atoms with Crippen molar-refractivity contribution >= 4 is 27.7 Å². The van der Waals surface area contributed by atoms with Crippen LogP contribution in [0.5, 0.6) is 11.5 Å². The Labute approximate surface area is 127 Å². The number of nitrogens with one attached hydrogen (secondary N) is 1. The first kappa shape index (κ1) is 15.0. The molecule has 1 aliphatic heterocycles. The number of halogens is 1. The Hall–Kier alpha value is -0.390. The van der Waals surface area contributed by atoms with Crippen molar-refractivity contribution < 1.29 is 9.47 Å². The number of thioether (sulfide) groups is 1. The Balaban J connectivity index is 2.48. The lowest BCUT2D eigenvalue weighted by molar-refractivity contribution is 0.385. The molecule has 0 radical (unpaired) electrons. The van der Waals surface area contributed by atoms with Crippen molar-refractivity contribution in [3.8, 4) is 11.5 Å². The molecular weight excluding hydrogens is 326 g/mol. The molecule has 106 valence electrons. The fourth-order valence-corrected chi connectivity index (χ4v) is 4.14. The lowest BCUT2D eigenvalue weighted by Crippen LogP contribution is -2.28. The van der Waals surface area contributed by atoms with Crippen LogP contribution in [0.3, 0.4) is 0 Å². The standard InChI is InChI=1S/C14H20BrNO2S/c1-4-5-16-11-8-19-7-9-12(17-2)6-10(15)14(18-3)13(9)11/h6,11,16H,4-5,7-8H2,1-3H3. The van der Waals surface area contributed by atoms with Gasteiger partial charge in [-0.3, -0.25) is 0 Å². The van der Waals surface area contributed by atoms with Crippen molar-refractivity contribution in [3.63, 3.8) is 0 Å². The number of ether oxygens (including phenoxy) is 2. The predicted octanol–water partition coefficient (Wildman–Crippen LogP) is 3.75. The van der Waals surface area contributed by atoms with Gasteiger partial charge in [0.15, 0.2) is 0 Å². The van der Waals surface area contributed by atoms with Crippen LogP contribution in [-0.2, 0) is 5.75 Å². The molecule has 1 atom stereocenters. The summed E-state index contributed by atoms with van der Waals surface area (Å²) in [6, 6.07) is 2.33. The molecule has 0 amide bonds. The summed E-state index contributed by atoms with van der Waals surface area (Å²) in [7, 11) is 3.45. The second kappa shape index (κ2) is 6.86. The van der Waals surface area contributed by atoms with Crippen LogP contribution in [0.25, 0.3) is 0 Å². The molecule has 1 aromatic carbocycles. The van der Waals surface area contributed by atoms with Gasteiger partial charge in [0.05, 0.1) is 18.7 Å². The van der Waals surface area contributed by atoms with Gasteiger partial charge in [-0.1, -0.05) is 6.92 Å². The van der Waals surface area contributed by atoms with E-state index < -0.39 is 0 Å². The minimum atomic E-state index is 0.329. The van der Waals surface area contributed by atoms with Crippen molar-refractivity contribution in [2.24, 2.45) is 0 Å². The van der Waals surface area contributed by atoms with E-state index in [0.717, 1.165) is 40.4 Å². The third kappa shape index (κ3) is 3.03. The van der Waals surface area contributed by atoms with Crippen LogP contribution in [0, 0.1) is 0 Å². The maximum atomic E-state index is 5.60. The van der Waals surface area contributed by atoms with E-state index in [9.17, 15) is 0 Å². The summed E-state index contributed by atoms with van der Waals surface area (Å²) in [6.07, 6.45) is 1.13. The van der Waals surface area contributed by atoms with Crippen LogP contribution in [-0.4, -0.2) is 26.5 Å². The highest BCUT2D eigenvalue weighted by atomic mass is 79.9. The molecule has 0 saturated carbocycles. The summed E-state index contributed by atoms with van der Waals surface area (Å²) in [5, 5.41) is 3.60. The number of hydrogen-bond donors (Lipinski definition) is 1. The van der Waals surface area contributed by atoms with Gasteiger partial charge >= 0.3 is 0 Å². The lowest BCUT2D eigenvalue weighted by Gasteiger charge is -2.29. The van der Waals surface area contributed by atoms with E-state index in [1.165, 1.54) is 11.1 Å². The molecule has 3 nitrogen and oxygen atoms in total. The maximum absolute atomic E-state index is 5.60. The van der Waals surface area contributed by atoms with Crippen molar-refractivity contribution in [1.29, 1.82) is 0 Å². The molecule has 2 rings (SSSR count). The van der Waals surface area contributed by atoms with Crippen LogP contribution in [0.2, 0.25) is 0 Å². The molecule has 0 aromatic heterocycles. The van der Waals surface area contributed by atoms with Crippen molar-refractivity contribution in [1.82, 2.24) is 5.32 Å².